The molecule has 19 heavy (non-hydrogen) atoms. The molecule has 0 aliphatic carbocycles. The molecule has 0 saturated carbocycles. The van der Waals surface area contributed by atoms with E-state index in [0.717, 1.165) is 7.11 Å². The standard InChI is InChI=1S/C9H5F6NO3/c1-18-8(17)3-2-4(6(10)11)16-7(12)5(3)19-9(13,14)15/h2,6H,1H3. The number of rotatable bonds is 3. The van der Waals surface area contributed by atoms with E-state index in [1.165, 1.54) is 0 Å². The third-order valence-corrected chi connectivity index (χ3v) is 1.80. The topological polar surface area (TPSA) is 48.4 Å². The zero-order valence-electron chi connectivity index (χ0n) is 9.09. The molecule has 0 spiro atoms. The fraction of sp³-hybridized carbons (Fsp3) is 0.333. The van der Waals surface area contributed by atoms with Gasteiger partial charge in [0.25, 0.3) is 12.4 Å². The van der Waals surface area contributed by atoms with Gasteiger partial charge in [-0.1, -0.05) is 0 Å². The Kier molecular flexibility index (Phi) is 4.22. The van der Waals surface area contributed by atoms with Crippen molar-refractivity contribution in [2.45, 2.75) is 12.8 Å². The quantitative estimate of drug-likeness (QED) is 0.488. The number of carbonyl (C=O) groups is 1. The fourth-order valence-electron chi connectivity index (χ4n) is 1.11. The maximum absolute atomic E-state index is 13.2. The lowest BCUT2D eigenvalue weighted by atomic mass is 10.2. The van der Waals surface area contributed by atoms with E-state index in [1.807, 2.05) is 0 Å². The van der Waals surface area contributed by atoms with Gasteiger partial charge in [-0.2, -0.15) is 4.39 Å². The minimum atomic E-state index is -5.32. The Morgan fingerprint density at radius 2 is 1.95 bits per heavy atom. The molecule has 0 radical (unpaired) electrons. The van der Waals surface area contributed by atoms with Crippen LogP contribution in [-0.4, -0.2) is 24.4 Å². The number of aromatic nitrogens is 1. The summed E-state index contributed by atoms with van der Waals surface area (Å²) in [5.74, 6) is -5.08. The third kappa shape index (κ3) is 3.73. The van der Waals surface area contributed by atoms with Gasteiger partial charge in [0.05, 0.1) is 7.11 Å². The van der Waals surface area contributed by atoms with Crippen molar-refractivity contribution < 1.29 is 40.6 Å². The lowest BCUT2D eigenvalue weighted by molar-refractivity contribution is -0.275. The molecule has 0 fully saturated rings. The molecule has 0 saturated heterocycles. The number of halogens is 6. The van der Waals surface area contributed by atoms with E-state index in [0.29, 0.717) is 0 Å². The number of hydrogen-bond acceptors (Lipinski definition) is 4. The third-order valence-electron chi connectivity index (χ3n) is 1.80. The van der Waals surface area contributed by atoms with Gasteiger partial charge < -0.3 is 9.47 Å². The average Bonchev–Trinajstić information content (AvgIpc) is 2.28. The van der Waals surface area contributed by atoms with E-state index in [2.05, 4.69) is 14.5 Å². The second-order valence-corrected chi connectivity index (χ2v) is 3.05. The number of esters is 1. The lowest BCUT2D eigenvalue weighted by Gasteiger charge is -2.13. The Morgan fingerprint density at radius 3 is 2.37 bits per heavy atom. The van der Waals surface area contributed by atoms with Crippen LogP contribution in [0.3, 0.4) is 0 Å². The van der Waals surface area contributed by atoms with Crippen LogP contribution in [0.2, 0.25) is 0 Å². The first-order valence-electron chi connectivity index (χ1n) is 4.48. The second kappa shape index (κ2) is 5.33. The first-order valence-corrected chi connectivity index (χ1v) is 4.48. The van der Waals surface area contributed by atoms with E-state index in [4.69, 9.17) is 0 Å². The molecule has 0 unspecified atom stereocenters. The molecule has 0 aromatic carbocycles. The molecule has 1 aromatic heterocycles. The van der Waals surface area contributed by atoms with E-state index in [9.17, 15) is 31.1 Å². The highest BCUT2D eigenvalue weighted by Gasteiger charge is 2.36. The normalized spacial score (nSPS) is 11.6. The predicted octanol–water partition coefficient (Wildman–Crippen LogP) is 2.84. The summed E-state index contributed by atoms with van der Waals surface area (Å²) in [6.45, 7) is 0. The summed E-state index contributed by atoms with van der Waals surface area (Å²) >= 11 is 0. The summed E-state index contributed by atoms with van der Waals surface area (Å²) in [5.41, 5.74) is -2.35. The van der Waals surface area contributed by atoms with Crippen LogP contribution >= 0.6 is 0 Å². The Labute approximate surface area is 101 Å². The summed E-state index contributed by atoms with van der Waals surface area (Å²) in [6, 6.07) is 0.265. The minimum absolute atomic E-state index is 0.265. The Morgan fingerprint density at radius 1 is 1.37 bits per heavy atom. The van der Waals surface area contributed by atoms with Gasteiger partial charge in [0.15, 0.2) is 5.75 Å². The van der Waals surface area contributed by atoms with Crippen molar-refractivity contribution in [2.24, 2.45) is 0 Å². The van der Waals surface area contributed by atoms with Crippen molar-refractivity contribution in [2.75, 3.05) is 7.11 Å². The molecule has 4 nitrogen and oxygen atoms in total. The van der Waals surface area contributed by atoms with Crippen LogP contribution in [0.4, 0.5) is 26.3 Å². The van der Waals surface area contributed by atoms with Crippen molar-refractivity contribution in [1.82, 2.24) is 4.98 Å². The number of ether oxygens (including phenoxy) is 2. The van der Waals surface area contributed by atoms with Crippen LogP contribution in [0.1, 0.15) is 22.5 Å². The van der Waals surface area contributed by atoms with Crippen LogP contribution in [0.15, 0.2) is 6.07 Å². The molecule has 0 N–H and O–H groups in total. The molecular weight excluding hydrogens is 284 g/mol. The number of carbonyl (C=O) groups excluding carboxylic acids is 1. The number of alkyl halides is 5. The van der Waals surface area contributed by atoms with Gasteiger partial charge in [0.2, 0.25) is 0 Å². The first-order chi connectivity index (χ1) is 8.65. The van der Waals surface area contributed by atoms with Gasteiger partial charge >= 0.3 is 12.3 Å². The van der Waals surface area contributed by atoms with Gasteiger partial charge in [-0.3, -0.25) is 0 Å². The van der Waals surface area contributed by atoms with Crippen molar-refractivity contribution in [3.8, 4) is 5.75 Å². The number of hydrogen-bond donors (Lipinski definition) is 0. The average molecular weight is 289 g/mol. The van der Waals surface area contributed by atoms with Gasteiger partial charge in [0.1, 0.15) is 11.3 Å². The van der Waals surface area contributed by atoms with Gasteiger partial charge in [0, 0.05) is 0 Å². The fourth-order valence-corrected chi connectivity index (χ4v) is 1.11. The highest BCUT2D eigenvalue weighted by molar-refractivity contribution is 5.92. The van der Waals surface area contributed by atoms with Gasteiger partial charge in [-0.15, -0.1) is 13.2 Å². The SMILES string of the molecule is COC(=O)c1cc(C(F)F)nc(F)c1OC(F)(F)F. The monoisotopic (exact) mass is 289 g/mol. The molecule has 1 aromatic rings. The predicted molar refractivity (Wildman–Crippen MR) is 47.2 cm³/mol. The van der Waals surface area contributed by atoms with Crippen LogP contribution in [0, 0.1) is 5.95 Å². The summed E-state index contributed by atoms with van der Waals surface area (Å²) in [7, 11) is 0.778. The van der Waals surface area contributed by atoms with E-state index >= 15 is 0 Å². The van der Waals surface area contributed by atoms with E-state index in [1.54, 1.807) is 0 Å². The molecule has 106 valence electrons. The van der Waals surface area contributed by atoms with E-state index < -0.39 is 41.7 Å². The maximum Gasteiger partial charge on any atom is 0.573 e. The molecular formula is C9H5F6NO3. The Bertz CT molecular complexity index is 488. The van der Waals surface area contributed by atoms with Crippen molar-refractivity contribution in [1.29, 1.82) is 0 Å². The smallest absolute Gasteiger partial charge is 0.465 e. The van der Waals surface area contributed by atoms with Crippen LogP contribution < -0.4 is 4.74 Å². The summed E-state index contributed by atoms with van der Waals surface area (Å²) in [4.78, 5) is 13.7. The zero-order chi connectivity index (χ0) is 14.8. The van der Waals surface area contributed by atoms with Crippen LogP contribution in [0.25, 0.3) is 0 Å². The Balaban J connectivity index is 3.39. The maximum atomic E-state index is 13.2. The Hall–Kier alpha value is -2.00. The number of pyridine rings is 1. The van der Waals surface area contributed by atoms with Crippen molar-refractivity contribution >= 4 is 5.97 Å². The van der Waals surface area contributed by atoms with Crippen molar-refractivity contribution in [3.63, 3.8) is 0 Å². The first kappa shape index (κ1) is 15.1. The molecule has 1 heterocycles. The largest absolute Gasteiger partial charge is 0.573 e. The summed E-state index contributed by atoms with van der Waals surface area (Å²) < 4.78 is 81.2. The van der Waals surface area contributed by atoms with Crippen LogP contribution in [-0.2, 0) is 4.74 Å². The highest BCUT2D eigenvalue weighted by Crippen LogP contribution is 2.31. The summed E-state index contributed by atoms with van der Waals surface area (Å²) in [5, 5.41) is 0. The molecule has 0 bridgehead atoms. The van der Waals surface area contributed by atoms with Gasteiger partial charge in [-0.25, -0.2) is 18.6 Å². The van der Waals surface area contributed by atoms with Crippen molar-refractivity contribution in [3.05, 3.63) is 23.3 Å². The van der Waals surface area contributed by atoms with Crippen LogP contribution in [0.5, 0.6) is 5.75 Å². The molecule has 0 atom stereocenters. The summed E-state index contributed by atoms with van der Waals surface area (Å²) in [6.07, 6.45) is -8.60. The number of nitrogens with zero attached hydrogens (tertiary/aromatic N) is 1. The van der Waals surface area contributed by atoms with Gasteiger partial charge in [-0.05, 0) is 6.07 Å². The zero-order valence-corrected chi connectivity index (χ0v) is 9.09. The second-order valence-electron chi connectivity index (χ2n) is 3.05. The molecule has 0 aliphatic heterocycles. The molecule has 0 amide bonds. The highest BCUT2D eigenvalue weighted by atomic mass is 19.4. The number of methoxy groups -OCH3 is 1. The molecule has 0 aliphatic rings. The molecule has 10 heteroatoms. The minimum Gasteiger partial charge on any atom is -0.465 e. The molecule has 1 rings (SSSR count). The lowest BCUT2D eigenvalue weighted by Crippen LogP contribution is -2.21. The van der Waals surface area contributed by atoms with E-state index in [-0.39, 0.29) is 6.07 Å².